The minimum Gasteiger partial charge on any atom is -0.508 e. The average molecular weight is 258 g/mol. The maximum Gasteiger partial charge on any atom is 0.120 e. The molecule has 0 unspecified atom stereocenters. The Morgan fingerprint density at radius 3 is 2.58 bits per heavy atom. The van der Waals surface area contributed by atoms with E-state index in [1.54, 1.807) is 18.3 Å². The van der Waals surface area contributed by atoms with Gasteiger partial charge in [-0.2, -0.15) is 0 Å². The van der Waals surface area contributed by atoms with E-state index in [1.165, 1.54) is 0 Å². The van der Waals surface area contributed by atoms with Gasteiger partial charge in [-0.25, -0.2) is 0 Å². The average Bonchev–Trinajstić information content (AvgIpc) is 2.43. The molecule has 0 amide bonds. The standard InChI is InChI=1S/C15H18N2O2/c18-9-8-17(11-13-4-3-7-16-10-13)12-14-5-1-2-6-15(14)19/h1-7,10,18-19H,8-9,11-12H2. The van der Waals surface area contributed by atoms with Crippen LogP contribution >= 0.6 is 0 Å². The highest BCUT2D eigenvalue weighted by Crippen LogP contribution is 2.18. The molecule has 0 aliphatic rings. The summed E-state index contributed by atoms with van der Waals surface area (Å²) in [6, 6.07) is 11.2. The number of aliphatic hydroxyl groups is 1. The summed E-state index contributed by atoms with van der Waals surface area (Å²) in [5.74, 6) is 0.289. The van der Waals surface area contributed by atoms with Gasteiger partial charge >= 0.3 is 0 Å². The first-order valence-electron chi connectivity index (χ1n) is 6.28. The third-order valence-electron chi connectivity index (χ3n) is 2.93. The van der Waals surface area contributed by atoms with Gasteiger partial charge < -0.3 is 10.2 Å². The van der Waals surface area contributed by atoms with Crippen molar-refractivity contribution in [1.29, 1.82) is 0 Å². The number of hydrogen-bond donors (Lipinski definition) is 2. The Morgan fingerprint density at radius 2 is 1.89 bits per heavy atom. The zero-order valence-corrected chi connectivity index (χ0v) is 10.7. The molecule has 1 aromatic carbocycles. The number of nitrogens with zero attached hydrogens (tertiary/aromatic N) is 2. The Kier molecular flexibility index (Phi) is 4.89. The molecule has 0 radical (unpaired) electrons. The second kappa shape index (κ2) is 6.87. The van der Waals surface area contributed by atoms with Gasteiger partial charge in [0.25, 0.3) is 0 Å². The van der Waals surface area contributed by atoms with Gasteiger partial charge in [-0.15, -0.1) is 0 Å². The van der Waals surface area contributed by atoms with E-state index in [-0.39, 0.29) is 12.4 Å². The van der Waals surface area contributed by atoms with Crippen LogP contribution in [0.25, 0.3) is 0 Å². The maximum absolute atomic E-state index is 9.79. The number of phenols is 1. The first kappa shape index (κ1) is 13.5. The van der Waals surface area contributed by atoms with Gasteiger partial charge in [0, 0.05) is 37.6 Å². The van der Waals surface area contributed by atoms with Crippen molar-refractivity contribution in [2.75, 3.05) is 13.2 Å². The number of rotatable bonds is 6. The highest BCUT2D eigenvalue weighted by molar-refractivity contribution is 5.31. The minimum atomic E-state index is 0.0911. The van der Waals surface area contributed by atoms with Crippen LogP contribution < -0.4 is 0 Å². The first-order valence-corrected chi connectivity index (χ1v) is 6.28. The summed E-state index contributed by atoms with van der Waals surface area (Å²) in [5.41, 5.74) is 1.95. The number of phenolic OH excluding ortho intramolecular Hbond substituents is 1. The smallest absolute Gasteiger partial charge is 0.120 e. The summed E-state index contributed by atoms with van der Waals surface area (Å²) < 4.78 is 0. The van der Waals surface area contributed by atoms with Crippen molar-refractivity contribution in [3.8, 4) is 5.75 Å². The van der Waals surface area contributed by atoms with Gasteiger partial charge in [0.15, 0.2) is 0 Å². The fourth-order valence-corrected chi connectivity index (χ4v) is 1.99. The quantitative estimate of drug-likeness (QED) is 0.829. The fourth-order valence-electron chi connectivity index (χ4n) is 1.99. The highest BCUT2D eigenvalue weighted by atomic mass is 16.3. The normalized spacial score (nSPS) is 10.8. The number of aromatic hydroxyl groups is 1. The largest absolute Gasteiger partial charge is 0.508 e. The van der Waals surface area contributed by atoms with Crippen molar-refractivity contribution in [2.24, 2.45) is 0 Å². The van der Waals surface area contributed by atoms with Gasteiger partial charge in [-0.3, -0.25) is 9.88 Å². The molecule has 0 aliphatic carbocycles. The molecule has 0 saturated carbocycles. The number of para-hydroxylation sites is 1. The molecule has 0 saturated heterocycles. The van der Waals surface area contributed by atoms with E-state index in [0.29, 0.717) is 19.6 Å². The maximum atomic E-state index is 9.79. The van der Waals surface area contributed by atoms with Crippen LogP contribution in [0.3, 0.4) is 0 Å². The van der Waals surface area contributed by atoms with E-state index >= 15 is 0 Å². The van der Waals surface area contributed by atoms with Crippen LogP contribution in [-0.4, -0.2) is 33.2 Å². The van der Waals surface area contributed by atoms with Crippen molar-refractivity contribution in [3.63, 3.8) is 0 Å². The number of pyridine rings is 1. The third-order valence-corrected chi connectivity index (χ3v) is 2.93. The molecule has 100 valence electrons. The Hall–Kier alpha value is -1.91. The predicted molar refractivity (Wildman–Crippen MR) is 73.5 cm³/mol. The first-order chi connectivity index (χ1) is 9.29. The van der Waals surface area contributed by atoms with Gasteiger partial charge in [0.2, 0.25) is 0 Å². The van der Waals surface area contributed by atoms with Crippen LogP contribution in [0.4, 0.5) is 0 Å². The second-order valence-electron chi connectivity index (χ2n) is 4.42. The van der Waals surface area contributed by atoms with Crippen LogP contribution in [0.2, 0.25) is 0 Å². The van der Waals surface area contributed by atoms with E-state index in [0.717, 1.165) is 11.1 Å². The molecule has 0 aliphatic heterocycles. The monoisotopic (exact) mass is 258 g/mol. The van der Waals surface area contributed by atoms with Gasteiger partial charge in [0.05, 0.1) is 6.61 Å². The Morgan fingerprint density at radius 1 is 1.05 bits per heavy atom. The van der Waals surface area contributed by atoms with Crippen LogP contribution in [0.15, 0.2) is 48.8 Å². The molecule has 19 heavy (non-hydrogen) atoms. The molecule has 2 rings (SSSR count). The van der Waals surface area contributed by atoms with E-state index in [9.17, 15) is 5.11 Å². The summed E-state index contributed by atoms with van der Waals surface area (Å²) in [4.78, 5) is 6.16. The molecular weight excluding hydrogens is 240 g/mol. The molecule has 0 bridgehead atoms. The number of aromatic nitrogens is 1. The summed E-state index contributed by atoms with van der Waals surface area (Å²) >= 11 is 0. The summed E-state index contributed by atoms with van der Waals surface area (Å²) in [5, 5.41) is 18.9. The van der Waals surface area contributed by atoms with E-state index in [1.807, 2.05) is 30.5 Å². The second-order valence-corrected chi connectivity index (χ2v) is 4.42. The van der Waals surface area contributed by atoms with Gasteiger partial charge in [0.1, 0.15) is 5.75 Å². The van der Waals surface area contributed by atoms with E-state index < -0.39 is 0 Å². The number of aliphatic hydroxyl groups excluding tert-OH is 1. The highest BCUT2D eigenvalue weighted by Gasteiger charge is 2.09. The van der Waals surface area contributed by atoms with Gasteiger partial charge in [-0.05, 0) is 17.7 Å². The van der Waals surface area contributed by atoms with Crippen LogP contribution in [-0.2, 0) is 13.1 Å². The van der Waals surface area contributed by atoms with Crippen molar-refractivity contribution in [3.05, 3.63) is 59.9 Å². The molecule has 4 nitrogen and oxygen atoms in total. The lowest BCUT2D eigenvalue weighted by molar-refractivity contribution is 0.183. The van der Waals surface area contributed by atoms with Crippen molar-refractivity contribution in [2.45, 2.75) is 13.1 Å². The Labute approximate surface area is 113 Å². The summed E-state index contributed by atoms with van der Waals surface area (Å²) in [6.07, 6.45) is 3.55. The molecular formula is C15H18N2O2. The summed E-state index contributed by atoms with van der Waals surface area (Å²) in [6.45, 7) is 1.95. The zero-order valence-electron chi connectivity index (χ0n) is 10.7. The van der Waals surface area contributed by atoms with Crippen molar-refractivity contribution >= 4 is 0 Å². The van der Waals surface area contributed by atoms with Crippen molar-refractivity contribution < 1.29 is 10.2 Å². The summed E-state index contributed by atoms with van der Waals surface area (Å²) in [7, 11) is 0. The third kappa shape index (κ3) is 4.05. The van der Waals surface area contributed by atoms with Crippen LogP contribution in [0, 0.1) is 0 Å². The number of hydrogen-bond acceptors (Lipinski definition) is 4. The Balaban J connectivity index is 2.06. The molecule has 1 heterocycles. The molecule has 4 heteroatoms. The van der Waals surface area contributed by atoms with Crippen LogP contribution in [0.5, 0.6) is 5.75 Å². The van der Waals surface area contributed by atoms with Crippen LogP contribution in [0.1, 0.15) is 11.1 Å². The lowest BCUT2D eigenvalue weighted by Crippen LogP contribution is -2.26. The number of benzene rings is 1. The molecule has 0 spiro atoms. The van der Waals surface area contributed by atoms with Crippen molar-refractivity contribution in [1.82, 2.24) is 9.88 Å². The van der Waals surface area contributed by atoms with E-state index in [2.05, 4.69) is 9.88 Å². The minimum absolute atomic E-state index is 0.0911. The molecule has 0 fully saturated rings. The van der Waals surface area contributed by atoms with E-state index in [4.69, 9.17) is 5.11 Å². The molecule has 2 aromatic rings. The molecule has 0 atom stereocenters. The lowest BCUT2D eigenvalue weighted by atomic mass is 10.1. The van der Waals surface area contributed by atoms with Gasteiger partial charge in [-0.1, -0.05) is 24.3 Å². The zero-order chi connectivity index (χ0) is 13.5. The lowest BCUT2D eigenvalue weighted by Gasteiger charge is -2.21. The SMILES string of the molecule is OCCN(Cc1cccnc1)Cc1ccccc1O. The predicted octanol–water partition coefficient (Wildman–Crippen LogP) is 1.78. The fraction of sp³-hybridized carbons (Fsp3) is 0.267. The molecule has 1 aromatic heterocycles. The Bertz CT molecular complexity index is 503. The molecule has 2 N–H and O–H groups in total. The topological polar surface area (TPSA) is 56.6 Å².